The summed E-state index contributed by atoms with van der Waals surface area (Å²) in [5, 5.41) is 26.5. The molecule has 5 aliphatic rings. The van der Waals surface area contributed by atoms with Gasteiger partial charge in [0.15, 0.2) is 11.5 Å². The van der Waals surface area contributed by atoms with E-state index in [1.807, 2.05) is 30.3 Å². The standard InChI is InChI=1S/C27H29IN2O4/c28-18-3-1-2-17(12-18)25(32)29-19-8-9-27(33)21-13-16-6-7-20(31)23-22(16)26(27,24(19)34-23)10-11-30(21)14-15-4-5-15/h1-3,6-7,12,15,19,21,24,31,33H,4-5,8-11,13-14H2,(H,29,32)/t19-,21?,24?,26?,27-/m1/s1. The molecule has 2 saturated carbocycles. The number of aromatic hydroxyl groups is 1. The number of phenols is 1. The van der Waals surface area contributed by atoms with Gasteiger partial charge < -0.3 is 20.3 Å². The third-order valence-electron chi connectivity index (χ3n) is 9.17. The Bertz CT molecular complexity index is 1200. The molecule has 5 atom stereocenters. The molecule has 2 bridgehead atoms. The van der Waals surface area contributed by atoms with Crippen LogP contribution in [-0.2, 0) is 11.8 Å². The van der Waals surface area contributed by atoms with E-state index in [9.17, 15) is 15.0 Å². The topological polar surface area (TPSA) is 82.0 Å². The van der Waals surface area contributed by atoms with Gasteiger partial charge in [-0.3, -0.25) is 9.69 Å². The summed E-state index contributed by atoms with van der Waals surface area (Å²) in [7, 11) is 0. The van der Waals surface area contributed by atoms with Gasteiger partial charge in [-0.25, -0.2) is 0 Å². The van der Waals surface area contributed by atoms with Crippen LogP contribution < -0.4 is 10.1 Å². The fraction of sp³-hybridized carbons (Fsp3) is 0.519. The number of phenolic OH excluding ortho intramolecular Hbond substituents is 1. The number of aliphatic hydroxyl groups is 1. The summed E-state index contributed by atoms with van der Waals surface area (Å²) in [6, 6.07) is 11.1. The number of ether oxygens (including phenoxy) is 1. The van der Waals surface area contributed by atoms with E-state index >= 15 is 0 Å². The molecule has 3 fully saturated rings. The SMILES string of the molecule is O=C(N[C@@H]1CC[C@@]2(O)C3Cc4ccc(O)c5c4C2(CCN3CC2CC2)C1O5)c1cccc(I)c1. The Kier molecular flexibility index (Phi) is 4.63. The third kappa shape index (κ3) is 2.83. The number of nitrogens with zero attached hydrogens (tertiary/aromatic N) is 1. The number of carbonyl (C=O) groups excluding carboxylic acids is 1. The van der Waals surface area contributed by atoms with Crippen molar-refractivity contribution in [2.75, 3.05) is 13.1 Å². The molecule has 6 nitrogen and oxygen atoms in total. The molecular formula is C27H29IN2O4. The average molecular weight is 572 g/mol. The molecule has 2 heterocycles. The molecule has 1 spiro atoms. The molecule has 3 aliphatic carbocycles. The van der Waals surface area contributed by atoms with Crippen molar-refractivity contribution in [1.29, 1.82) is 0 Å². The normalized spacial score (nSPS) is 35.4. The third-order valence-corrected chi connectivity index (χ3v) is 9.84. The molecule has 2 aromatic rings. The van der Waals surface area contributed by atoms with E-state index in [-0.39, 0.29) is 23.7 Å². The van der Waals surface area contributed by atoms with Gasteiger partial charge in [-0.05, 0) is 103 Å². The lowest BCUT2D eigenvalue weighted by Crippen LogP contribution is -2.78. The van der Waals surface area contributed by atoms with Crippen LogP contribution in [0.1, 0.15) is 53.6 Å². The molecule has 2 aromatic carbocycles. The summed E-state index contributed by atoms with van der Waals surface area (Å²) in [5.74, 6) is 1.29. The molecule has 7 rings (SSSR count). The van der Waals surface area contributed by atoms with Crippen LogP contribution in [-0.4, -0.2) is 57.9 Å². The zero-order chi connectivity index (χ0) is 23.2. The minimum Gasteiger partial charge on any atom is -0.504 e. The summed E-state index contributed by atoms with van der Waals surface area (Å²) in [5.41, 5.74) is 1.26. The summed E-state index contributed by atoms with van der Waals surface area (Å²) in [6.45, 7) is 1.97. The predicted molar refractivity (Wildman–Crippen MR) is 135 cm³/mol. The maximum atomic E-state index is 13.2. The molecule has 3 unspecified atom stereocenters. The van der Waals surface area contributed by atoms with Gasteiger partial charge in [-0.2, -0.15) is 0 Å². The van der Waals surface area contributed by atoms with E-state index in [0.29, 0.717) is 24.2 Å². The first kappa shape index (κ1) is 21.4. The van der Waals surface area contributed by atoms with Crippen LogP contribution in [0, 0.1) is 9.49 Å². The second kappa shape index (κ2) is 7.34. The number of likely N-dealkylation sites (tertiary alicyclic amines) is 1. The number of piperidine rings is 1. The average Bonchev–Trinajstić information content (AvgIpc) is 3.56. The number of carbonyl (C=O) groups is 1. The fourth-order valence-corrected chi connectivity index (χ4v) is 8.05. The first-order valence-corrected chi connectivity index (χ1v) is 13.5. The predicted octanol–water partition coefficient (Wildman–Crippen LogP) is 3.36. The summed E-state index contributed by atoms with van der Waals surface area (Å²) in [4.78, 5) is 15.7. The molecule has 0 radical (unpaired) electrons. The first-order chi connectivity index (χ1) is 16.4. The van der Waals surface area contributed by atoms with E-state index in [2.05, 4.69) is 32.8 Å². The minimum atomic E-state index is -0.930. The van der Waals surface area contributed by atoms with Crippen LogP contribution in [0.4, 0.5) is 0 Å². The molecule has 2 aliphatic heterocycles. The van der Waals surface area contributed by atoms with Gasteiger partial charge in [0, 0.05) is 27.3 Å². The van der Waals surface area contributed by atoms with E-state index in [4.69, 9.17) is 4.74 Å². The summed E-state index contributed by atoms with van der Waals surface area (Å²) < 4.78 is 7.54. The number of hydrogen-bond acceptors (Lipinski definition) is 5. The second-order valence-corrected chi connectivity index (χ2v) is 12.2. The fourth-order valence-electron chi connectivity index (χ4n) is 7.51. The number of amides is 1. The smallest absolute Gasteiger partial charge is 0.251 e. The molecular weight excluding hydrogens is 543 g/mol. The van der Waals surface area contributed by atoms with Gasteiger partial charge in [0.2, 0.25) is 0 Å². The van der Waals surface area contributed by atoms with Crippen LogP contribution >= 0.6 is 22.6 Å². The van der Waals surface area contributed by atoms with Crippen LogP contribution in [0.5, 0.6) is 11.5 Å². The van der Waals surface area contributed by atoms with Crippen molar-refractivity contribution >= 4 is 28.5 Å². The van der Waals surface area contributed by atoms with Crippen molar-refractivity contribution in [2.45, 2.75) is 67.7 Å². The lowest BCUT2D eigenvalue weighted by Gasteiger charge is -2.64. The lowest BCUT2D eigenvalue weighted by atomic mass is 9.48. The Labute approximate surface area is 212 Å². The van der Waals surface area contributed by atoms with Crippen molar-refractivity contribution in [1.82, 2.24) is 10.2 Å². The first-order valence-electron chi connectivity index (χ1n) is 12.5. The van der Waals surface area contributed by atoms with Crippen LogP contribution in [0.3, 0.4) is 0 Å². The highest BCUT2D eigenvalue weighted by atomic mass is 127. The van der Waals surface area contributed by atoms with Crippen LogP contribution in [0.15, 0.2) is 36.4 Å². The summed E-state index contributed by atoms with van der Waals surface area (Å²) in [6.07, 6.45) is 5.01. The van der Waals surface area contributed by atoms with Crippen LogP contribution in [0.2, 0.25) is 0 Å². The number of halogens is 1. The monoisotopic (exact) mass is 572 g/mol. The largest absolute Gasteiger partial charge is 0.504 e. The van der Waals surface area contributed by atoms with Gasteiger partial charge >= 0.3 is 0 Å². The number of benzene rings is 2. The van der Waals surface area contributed by atoms with Gasteiger partial charge in [0.05, 0.1) is 17.1 Å². The quantitative estimate of drug-likeness (QED) is 0.490. The zero-order valence-electron chi connectivity index (χ0n) is 19.0. The van der Waals surface area contributed by atoms with Gasteiger partial charge in [0.1, 0.15) is 6.10 Å². The highest BCUT2D eigenvalue weighted by Gasteiger charge is 2.73. The maximum Gasteiger partial charge on any atom is 0.251 e. The van der Waals surface area contributed by atoms with E-state index < -0.39 is 17.1 Å². The lowest BCUT2D eigenvalue weighted by molar-refractivity contribution is -0.191. The zero-order valence-corrected chi connectivity index (χ0v) is 21.1. The van der Waals surface area contributed by atoms with Crippen LogP contribution in [0.25, 0.3) is 0 Å². The molecule has 178 valence electrons. The molecule has 1 amide bonds. The van der Waals surface area contributed by atoms with E-state index in [0.717, 1.165) is 41.0 Å². The number of hydrogen-bond donors (Lipinski definition) is 3. The second-order valence-electron chi connectivity index (χ2n) is 10.9. The van der Waals surface area contributed by atoms with Gasteiger partial charge in [-0.15, -0.1) is 0 Å². The number of nitrogens with one attached hydrogen (secondary N) is 1. The van der Waals surface area contributed by atoms with Crippen molar-refractivity contribution in [3.8, 4) is 11.5 Å². The van der Waals surface area contributed by atoms with Gasteiger partial charge in [-0.1, -0.05) is 12.1 Å². The van der Waals surface area contributed by atoms with Crippen molar-refractivity contribution in [2.24, 2.45) is 5.92 Å². The van der Waals surface area contributed by atoms with E-state index in [1.165, 1.54) is 18.4 Å². The van der Waals surface area contributed by atoms with Crippen molar-refractivity contribution < 1.29 is 19.7 Å². The highest BCUT2D eigenvalue weighted by Crippen LogP contribution is 2.65. The summed E-state index contributed by atoms with van der Waals surface area (Å²) >= 11 is 2.22. The Morgan fingerprint density at radius 1 is 1.21 bits per heavy atom. The molecule has 7 heteroatoms. The highest BCUT2D eigenvalue weighted by molar-refractivity contribution is 14.1. The molecule has 3 N–H and O–H groups in total. The Hall–Kier alpha value is -1.84. The Morgan fingerprint density at radius 3 is 2.85 bits per heavy atom. The van der Waals surface area contributed by atoms with Crippen molar-refractivity contribution in [3.63, 3.8) is 0 Å². The Morgan fingerprint density at radius 2 is 2.06 bits per heavy atom. The molecule has 34 heavy (non-hydrogen) atoms. The maximum absolute atomic E-state index is 13.2. The van der Waals surface area contributed by atoms with E-state index in [1.54, 1.807) is 6.07 Å². The number of rotatable bonds is 4. The minimum absolute atomic E-state index is 0.0447. The molecule has 1 saturated heterocycles. The van der Waals surface area contributed by atoms with Crippen molar-refractivity contribution in [3.05, 3.63) is 56.7 Å². The van der Waals surface area contributed by atoms with Gasteiger partial charge in [0.25, 0.3) is 5.91 Å². The molecule has 0 aromatic heterocycles. The Balaban J connectivity index is 1.29.